The summed E-state index contributed by atoms with van der Waals surface area (Å²) in [4.78, 5) is 9.68. The molecule has 3 N–H and O–H groups in total. The Hall–Kier alpha value is -1.56. The predicted octanol–water partition coefficient (Wildman–Crippen LogP) is 0.949. The first-order chi connectivity index (χ1) is 7.56. The number of nitrogens with two attached hydrogens (primary N) is 1. The molecule has 7 heteroatoms. The van der Waals surface area contributed by atoms with Crippen LogP contribution in [0.4, 0.5) is 5.82 Å². The third-order valence-corrected chi connectivity index (χ3v) is 2.44. The Morgan fingerprint density at radius 2 is 2.44 bits per heavy atom. The van der Waals surface area contributed by atoms with Gasteiger partial charge in [0.1, 0.15) is 17.2 Å². The van der Waals surface area contributed by atoms with Gasteiger partial charge in [-0.25, -0.2) is 9.97 Å². The van der Waals surface area contributed by atoms with Crippen LogP contribution in [0.2, 0.25) is 5.02 Å². The quantitative estimate of drug-likeness (QED) is 0.356. The van der Waals surface area contributed by atoms with Crippen molar-refractivity contribution < 1.29 is 5.21 Å². The second-order valence-corrected chi connectivity index (χ2v) is 3.91. The molecule has 16 heavy (non-hydrogen) atoms. The van der Waals surface area contributed by atoms with Gasteiger partial charge in [-0.15, -0.1) is 0 Å². The number of hydrogen-bond donors (Lipinski definition) is 2. The summed E-state index contributed by atoms with van der Waals surface area (Å²) >= 11 is 5.94. The minimum Gasteiger partial charge on any atom is -0.409 e. The van der Waals surface area contributed by atoms with Gasteiger partial charge in [-0.1, -0.05) is 23.7 Å². The highest BCUT2D eigenvalue weighted by molar-refractivity contribution is 6.32. The topological polar surface area (TPSA) is 87.6 Å². The van der Waals surface area contributed by atoms with E-state index in [0.29, 0.717) is 17.4 Å². The highest BCUT2D eigenvalue weighted by Gasteiger charge is 2.14. The predicted molar refractivity (Wildman–Crippen MR) is 62.9 cm³/mol. The SMILES string of the molecule is CC(CN(C)c1ncncc1Cl)C(N)=NO. The summed E-state index contributed by atoms with van der Waals surface area (Å²) in [5.74, 6) is 0.701. The van der Waals surface area contributed by atoms with Crippen molar-refractivity contribution in [3.63, 3.8) is 0 Å². The molecule has 6 nitrogen and oxygen atoms in total. The smallest absolute Gasteiger partial charge is 0.150 e. The molecule has 0 bridgehead atoms. The maximum absolute atomic E-state index is 8.54. The maximum Gasteiger partial charge on any atom is 0.150 e. The molecule has 0 aliphatic rings. The molecule has 1 atom stereocenters. The molecular formula is C9H14ClN5O. The van der Waals surface area contributed by atoms with Gasteiger partial charge in [-0.05, 0) is 0 Å². The van der Waals surface area contributed by atoms with Crippen LogP contribution in [0.3, 0.4) is 0 Å². The van der Waals surface area contributed by atoms with E-state index in [2.05, 4.69) is 15.1 Å². The van der Waals surface area contributed by atoms with Gasteiger partial charge in [0.2, 0.25) is 0 Å². The van der Waals surface area contributed by atoms with Gasteiger partial charge in [0.15, 0.2) is 5.82 Å². The Labute approximate surface area is 98.7 Å². The number of nitrogens with zero attached hydrogens (tertiary/aromatic N) is 4. The van der Waals surface area contributed by atoms with Crippen molar-refractivity contribution in [2.75, 3.05) is 18.5 Å². The fourth-order valence-electron chi connectivity index (χ4n) is 1.28. The van der Waals surface area contributed by atoms with Crippen molar-refractivity contribution in [3.05, 3.63) is 17.5 Å². The lowest BCUT2D eigenvalue weighted by Crippen LogP contribution is -2.33. The number of oxime groups is 1. The fraction of sp³-hybridized carbons (Fsp3) is 0.444. The summed E-state index contributed by atoms with van der Waals surface area (Å²) in [5, 5.41) is 12.0. The zero-order valence-electron chi connectivity index (χ0n) is 9.13. The number of anilines is 1. The van der Waals surface area contributed by atoms with Crippen LogP contribution in [0.25, 0.3) is 0 Å². The van der Waals surface area contributed by atoms with Gasteiger partial charge in [-0.2, -0.15) is 0 Å². The highest BCUT2D eigenvalue weighted by atomic mass is 35.5. The number of rotatable bonds is 4. The second-order valence-electron chi connectivity index (χ2n) is 3.50. The highest BCUT2D eigenvalue weighted by Crippen LogP contribution is 2.20. The number of halogens is 1. The van der Waals surface area contributed by atoms with Crippen LogP contribution >= 0.6 is 11.6 Å². The molecule has 1 rings (SSSR count). The monoisotopic (exact) mass is 243 g/mol. The molecule has 0 aromatic carbocycles. The first kappa shape index (κ1) is 12.5. The minimum atomic E-state index is -0.0963. The molecule has 0 saturated carbocycles. The maximum atomic E-state index is 8.54. The molecule has 1 aromatic rings. The number of aromatic nitrogens is 2. The van der Waals surface area contributed by atoms with Gasteiger partial charge in [0, 0.05) is 19.5 Å². The van der Waals surface area contributed by atoms with Crippen molar-refractivity contribution in [3.8, 4) is 0 Å². The third-order valence-electron chi connectivity index (χ3n) is 2.18. The van der Waals surface area contributed by atoms with Crippen molar-refractivity contribution in [1.82, 2.24) is 9.97 Å². The average molecular weight is 244 g/mol. The Morgan fingerprint density at radius 1 is 1.75 bits per heavy atom. The van der Waals surface area contributed by atoms with Gasteiger partial charge in [0.05, 0.1) is 6.20 Å². The molecule has 88 valence electrons. The molecule has 0 spiro atoms. The summed E-state index contributed by atoms with van der Waals surface area (Å²) < 4.78 is 0. The summed E-state index contributed by atoms with van der Waals surface area (Å²) in [7, 11) is 1.83. The lowest BCUT2D eigenvalue weighted by molar-refractivity contribution is 0.314. The summed E-state index contributed by atoms with van der Waals surface area (Å²) in [6.07, 6.45) is 2.94. The third kappa shape index (κ3) is 2.96. The van der Waals surface area contributed by atoms with E-state index in [1.807, 2.05) is 18.9 Å². The van der Waals surface area contributed by atoms with Crippen molar-refractivity contribution in [1.29, 1.82) is 0 Å². The summed E-state index contributed by atoms with van der Waals surface area (Å²) in [6.45, 7) is 2.40. The summed E-state index contributed by atoms with van der Waals surface area (Å²) in [6, 6.07) is 0. The number of hydrogen-bond acceptors (Lipinski definition) is 5. The average Bonchev–Trinajstić information content (AvgIpc) is 2.28. The van der Waals surface area contributed by atoms with Gasteiger partial charge in [-0.3, -0.25) is 0 Å². The van der Waals surface area contributed by atoms with Gasteiger partial charge < -0.3 is 15.8 Å². The zero-order valence-corrected chi connectivity index (χ0v) is 9.89. The molecule has 0 amide bonds. The molecule has 0 radical (unpaired) electrons. The fourth-order valence-corrected chi connectivity index (χ4v) is 1.53. The molecule has 1 heterocycles. The Bertz CT molecular complexity index is 384. The molecule has 1 aromatic heterocycles. The van der Waals surface area contributed by atoms with Crippen molar-refractivity contribution in [2.24, 2.45) is 16.8 Å². The summed E-state index contributed by atoms with van der Waals surface area (Å²) in [5.41, 5.74) is 5.49. The molecular weight excluding hydrogens is 230 g/mol. The Balaban J connectivity index is 2.73. The van der Waals surface area contributed by atoms with Crippen LogP contribution < -0.4 is 10.6 Å². The molecule has 0 saturated heterocycles. The van der Waals surface area contributed by atoms with Crippen LogP contribution in [-0.4, -0.2) is 34.6 Å². The Morgan fingerprint density at radius 3 is 3.00 bits per heavy atom. The van der Waals surface area contributed by atoms with E-state index in [1.54, 1.807) is 0 Å². The van der Waals surface area contributed by atoms with E-state index in [1.165, 1.54) is 12.5 Å². The van der Waals surface area contributed by atoms with Crippen LogP contribution in [0.1, 0.15) is 6.92 Å². The zero-order chi connectivity index (χ0) is 12.1. The molecule has 0 aliphatic carbocycles. The standard InChI is InChI=1S/C9H14ClN5O/c1-6(8(11)14-16)4-15(2)9-7(10)3-12-5-13-9/h3,5-6,16H,4H2,1-2H3,(H2,11,14). The largest absolute Gasteiger partial charge is 0.409 e. The van der Waals surface area contributed by atoms with E-state index in [-0.39, 0.29) is 11.8 Å². The normalized spacial score (nSPS) is 13.6. The van der Waals surface area contributed by atoms with E-state index < -0.39 is 0 Å². The Kier molecular flexibility index (Phi) is 4.30. The van der Waals surface area contributed by atoms with E-state index in [9.17, 15) is 0 Å². The lowest BCUT2D eigenvalue weighted by atomic mass is 10.1. The minimum absolute atomic E-state index is 0.0963. The van der Waals surface area contributed by atoms with Gasteiger partial charge in [0.25, 0.3) is 0 Å². The second kappa shape index (κ2) is 5.50. The van der Waals surface area contributed by atoms with Crippen LogP contribution in [0.5, 0.6) is 0 Å². The van der Waals surface area contributed by atoms with Crippen molar-refractivity contribution >= 4 is 23.3 Å². The molecule has 1 unspecified atom stereocenters. The van der Waals surface area contributed by atoms with Crippen LogP contribution in [0, 0.1) is 5.92 Å². The molecule has 0 fully saturated rings. The molecule has 0 aliphatic heterocycles. The van der Waals surface area contributed by atoms with E-state index >= 15 is 0 Å². The number of amidine groups is 1. The van der Waals surface area contributed by atoms with Crippen molar-refractivity contribution in [2.45, 2.75) is 6.92 Å². The van der Waals surface area contributed by atoms with Gasteiger partial charge >= 0.3 is 0 Å². The first-order valence-electron chi connectivity index (χ1n) is 4.70. The van der Waals surface area contributed by atoms with E-state index in [0.717, 1.165) is 0 Å². The first-order valence-corrected chi connectivity index (χ1v) is 5.08. The van der Waals surface area contributed by atoms with Crippen LogP contribution in [0.15, 0.2) is 17.7 Å². The lowest BCUT2D eigenvalue weighted by Gasteiger charge is -2.22. The van der Waals surface area contributed by atoms with E-state index in [4.69, 9.17) is 22.5 Å². The van der Waals surface area contributed by atoms with Crippen LogP contribution in [-0.2, 0) is 0 Å².